The molecule has 0 aliphatic carbocycles. The number of aromatic nitrogens is 3. The van der Waals surface area contributed by atoms with E-state index in [0.717, 1.165) is 20.8 Å². The van der Waals surface area contributed by atoms with Gasteiger partial charge in [0.1, 0.15) is 10.6 Å². The Morgan fingerprint density at radius 1 is 1.39 bits per heavy atom. The average Bonchev–Trinajstić information content (AvgIpc) is 2.95. The quantitative estimate of drug-likeness (QED) is 0.590. The van der Waals surface area contributed by atoms with Crippen molar-refractivity contribution in [1.29, 1.82) is 0 Å². The summed E-state index contributed by atoms with van der Waals surface area (Å²) in [6.45, 7) is 0. The Morgan fingerprint density at radius 2 is 2.28 bits per heavy atom. The molecule has 0 saturated heterocycles. The lowest BCUT2D eigenvalue weighted by molar-refractivity contribution is 1.02. The Kier molecular flexibility index (Phi) is 3.38. The highest BCUT2D eigenvalue weighted by molar-refractivity contribution is 7.98. The van der Waals surface area contributed by atoms with Crippen LogP contribution < -0.4 is 5.73 Å². The fraction of sp³-hybridized carbons (Fsp3) is 0.100. The highest BCUT2D eigenvalue weighted by Crippen LogP contribution is 2.29. The first-order chi connectivity index (χ1) is 8.72. The van der Waals surface area contributed by atoms with Crippen LogP contribution in [0.15, 0.2) is 22.8 Å². The van der Waals surface area contributed by atoms with Crippen LogP contribution >= 0.6 is 46.0 Å². The molecule has 3 rings (SSSR count). The normalized spacial score (nSPS) is 11.2. The number of rotatable bonds is 3. The molecule has 2 N–H and O–H groups in total. The minimum atomic E-state index is 0.533. The van der Waals surface area contributed by atoms with Gasteiger partial charge in [-0.25, -0.2) is 15.0 Å². The molecule has 92 valence electrons. The molecule has 0 fully saturated rings. The van der Waals surface area contributed by atoms with Crippen molar-refractivity contribution in [2.45, 2.75) is 10.9 Å². The van der Waals surface area contributed by atoms with Crippen LogP contribution in [0.4, 0.5) is 5.82 Å². The van der Waals surface area contributed by atoms with Crippen molar-refractivity contribution in [1.82, 2.24) is 15.0 Å². The van der Waals surface area contributed by atoms with E-state index < -0.39 is 0 Å². The molecule has 0 amide bonds. The lowest BCUT2D eigenvalue weighted by Crippen LogP contribution is -1.94. The number of halogens is 1. The van der Waals surface area contributed by atoms with E-state index in [1.54, 1.807) is 17.5 Å². The maximum absolute atomic E-state index is 5.89. The topological polar surface area (TPSA) is 64.7 Å². The number of nitrogens with zero attached hydrogens (tertiary/aromatic N) is 3. The lowest BCUT2D eigenvalue weighted by Gasteiger charge is -2.00. The van der Waals surface area contributed by atoms with E-state index in [1.165, 1.54) is 23.1 Å². The van der Waals surface area contributed by atoms with Gasteiger partial charge in [0.2, 0.25) is 0 Å². The van der Waals surface area contributed by atoms with Crippen molar-refractivity contribution < 1.29 is 0 Å². The number of thioether (sulfide) groups is 1. The summed E-state index contributed by atoms with van der Waals surface area (Å²) < 4.78 is 0.555. The number of anilines is 1. The number of thiazole rings is 1. The van der Waals surface area contributed by atoms with Crippen molar-refractivity contribution in [3.63, 3.8) is 0 Å². The molecule has 0 saturated carbocycles. The lowest BCUT2D eigenvalue weighted by atomic mass is 10.4. The van der Waals surface area contributed by atoms with E-state index >= 15 is 0 Å². The summed E-state index contributed by atoms with van der Waals surface area (Å²) in [7, 11) is 0. The van der Waals surface area contributed by atoms with E-state index in [-0.39, 0.29) is 0 Å². The summed E-state index contributed by atoms with van der Waals surface area (Å²) in [6.07, 6.45) is 1.77. The van der Waals surface area contributed by atoms with Gasteiger partial charge in [0.05, 0.1) is 5.39 Å². The zero-order chi connectivity index (χ0) is 12.5. The van der Waals surface area contributed by atoms with Crippen LogP contribution in [-0.2, 0) is 5.75 Å². The minimum absolute atomic E-state index is 0.533. The predicted octanol–water partition coefficient (Wildman–Crippen LogP) is 3.68. The molecular formula is C10H7ClN4S3. The third-order valence-electron chi connectivity index (χ3n) is 2.20. The summed E-state index contributed by atoms with van der Waals surface area (Å²) in [4.78, 5) is 14.8. The molecule has 0 aliphatic rings. The zero-order valence-corrected chi connectivity index (χ0v) is 12.2. The molecule has 3 heterocycles. The van der Waals surface area contributed by atoms with Gasteiger partial charge in [0, 0.05) is 16.8 Å². The number of thiophene rings is 1. The first kappa shape index (κ1) is 12.2. The van der Waals surface area contributed by atoms with Gasteiger partial charge in [-0.05, 0) is 11.4 Å². The third-order valence-corrected chi connectivity index (χ3v) is 5.20. The second-order valence-corrected chi connectivity index (χ2v) is 6.93. The Bertz CT molecular complexity index is 693. The second kappa shape index (κ2) is 5.00. The molecule has 0 radical (unpaired) electrons. The summed E-state index contributed by atoms with van der Waals surface area (Å²) in [5, 5.41) is 3.57. The van der Waals surface area contributed by atoms with E-state index in [4.69, 9.17) is 17.3 Å². The van der Waals surface area contributed by atoms with Gasteiger partial charge in [-0.2, -0.15) is 0 Å². The third kappa shape index (κ3) is 2.44. The molecule has 0 aromatic carbocycles. The number of nitrogen functional groups attached to an aromatic ring is 1. The molecule has 3 aromatic rings. The van der Waals surface area contributed by atoms with E-state index in [9.17, 15) is 0 Å². The predicted molar refractivity (Wildman–Crippen MR) is 78.5 cm³/mol. The van der Waals surface area contributed by atoms with E-state index in [2.05, 4.69) is 15.0 Å². The summed E-state index contributed by atoms with van der Waals surface area (Å²) in [6, 6.07) is 1.94. The fourth-order valence-electron chi connectivity index (χ4n) is 1.41. The highest BCUT2D eigenvalue weighted by atomic mass is 35.5. The number of nitrogens with two attached hydrogens (primary N) is 1. The molecule has 18 heavy (non-hydrogen) atoms. The average molecular weight is 315 g/mol. The van der Waals surface area contributed by atoms with Crippen LogP contribution in [0.1, 0.15) is 4.88 Å². The molecular weight excluding hydrogens is 308 g/mol. The molecule has 8 heteroatoms. The van der Waals surface area contributed by atoms with Gasteiger partial charge in [-0.1, -0.05) is 23.4 Å². The van der Waals surface area contributed by atoms with Crippen molar-refractivity contribution in [3.05, 3.63) is 27.0 Å². The van der Waals surface area contributed by atoms with Gasteiger partial charge in [0.25, 0.3) is 0 Å². The van der Waals surface area contributed by atoms with Crippen molar-refractivity contribution in [3.8, 4) is 0 Å². The second-order valence-electron chi connectivity index (χ2n) is 3.40. The summed E-state index contributed by atoms with van der Waals surface area (Å²) in [5.74, 6) is 1.28. The molecule has 4 nitrogen and oxygen atoms in total. The number of hydrogen-bond acceptors (Lipinski definition) is 7. The van der Waals surface area contributed by atoms with Gasteiger partial charge >= 0.3 is 0 Å². The van der Waals surface area contributed by atoms with Crippen LogP contribution in [0.2, 0.25) is 4.47 Å². The SMILES string of the molecule is Nc1nc(SCc2cnc(Cl)s2)nc2sccc12. The zero-order valence-electron chi connectivity index (χ0n) is 8.96. The fourth-order valence-corrected chi connectivity index (χ4v) is 4.09. The van der Waals surface area contributed by atoms with Gasteiger partial charge in [-0.15, -0.1) is 22.7 Å². The van der Waals surface area contributed by atoms with Crippen molar-refractivity contribution >= 4 is 62.1 Å². The summed E-state index contributed by atoms with van der Waals surface area (Å²) in [5.41, 5.74) is 5.89. The molecule has 0 aliphatic heterocycles. The molecule has 0 spiro atoms. The Balaban J connectivity index is 1.82. The van der Waals surface area contributed by atoms with Gasteiger partial charge < -0.3 is 5.73 Å². The summed E-state index contributed by atoms with van der Waals surface area (Å²) >= 11 is 10.3. The molecule has 3 aromatic heterocycles. The van der Waals surface area contributed by atoms with Crippen LogP contribution in [0.5, 0.6) is 0 Å². The van der Waals surface area contributed by atoms with Crippen LogP contribution in [0.25, 0.3) is 10.2 Å². The Hall–Kier alpha value is -0.890. The molecule has 0 atom stereocenters. The van der Waals surface area contributed by atoms with E-state index in [0.29, 0.717) is 15.4 Å². The van der Waals surface area contributed by atoms with Crippen LogP contribution in [-0.4, -0.2) is 15.0 Å². The smallest absolute Gasteiger partial charge is 0.191 e. The molecule has 0 bridgehead atoms. The Labute approximate surface area is 120 Å². The van der Waals surface area contributed by atoms with Crippen LogP contribution in [0.3, 0.4) is 0 Å². The monoisotopic (exact) mass is 314 g/mol. The van der Waals surface area contributed by atoms with Gasteiger partial charge in [0.15, 0.2) is 9.62 Å². The first-order valence-electron chi connectivity index (χ1n) is 4.96. The standard InChI is InChI=1S/C10H7ClN4S3/c11-9-13-3-5(18-9)4-17-10-14-7(12)6-1-2-16-8(6)15-10/h1-3H,4H2,(H2,12,14,15). The van der Waals surface area contributed by atoms with Gasteiger partial charge in [-0.3, -0.25) is 0 Å². The van der Waals surface area contributed by atoms with E-state index in [1.807, 2.05) is 11.4 Å². The largest absolute Gasteiger partial charge is 0.383 e. The van der Waals surface area contributed by atoms with Crippen LogP contribution in [0, 0.1) is 0 Å². The minimum Gasteiger partial charge on any atom is -0.383 e. The first-order valence-corrected chi connectivity index (χ1v) is 8.02. The number of fused-ring (bicyclic) bond motifs is 1. The number of hydrogen-bond donors (Lipinski definition) is 1. The highest BCUT2D eigenvalue weighted by Gasteiger charge is 2.08. The van der Waals surface area contributed by atoms with Crippen molar-refractivity contribution in [2.24, 2.45) is 0 Å². The Morgan fingerprint density at radius 3 is 3.06 bits per heavy atom. The molecule has 0 unspecified atom stereocenters. The van der Waals surface area contributed by atoms with Crippen molar-refractivity contribution in [2.75, 3.05) is 5.73 Å². The maximum Gasteiger partial charge on any atom is 0.191 e. The maximum atomic E-state index is 5.89.